The number of carbonyl (C=O) groups excluding carboxylic acids is 1. The van der Waals surface area contributed by atoms with E-state index in [1.54, 1.807) is 34.7 Å². The lowest BCUT2D eigenvalue weighted by atomic mass is 9.82. The summed E-state index contributed by atoms with van der Waals surface area (Å²) in [7, 11) is 0. The number of alkyl halides is 2. The third kappa shape index (κ3) is 1.47. The molecule has 0 spiro atoms. The summed E-state index contributed by atoms with van der Waals surface area (Å²) < 4.78 is 12.1. The van der Waals surface area contributed by atoms with Gasteiger partial charge in [-0.25, -0.2) is 4.39 Å². The van der Waals surface area contributed by atoms with Gasteiger partial charge < -0.3 is 0 Å². The predicted molar refractivity (Wildman–Crippen MR) is 61.7 cm³/mol. The Hall–Kier alpha value is -0.450. The first-order valence-corrected chi connectivity index (χ1v) is 5.62. The number of benzene rings is 1. The van der Waals surface area contributed by atoms with Gasteiger partial charge in [0.05, 0.1) is 0 Å². The number of halogens is 2. The van der Waals surface area contributed by atoms with Crippen LogP contribution in [0.25, 0.3) is 0 Å². The monoisotopic (exact) mass is 304 g/mol. The molecule has 0 saturated carbocycles. The smallest absolute Gasteiger partial charge is 0.223 e. The number of ketones is 1. The van der Waals surface area contributed by atoms with E-state index in [1.807, 2.05) is 19.1 Å². The lowest BCUT2D eigenvalue weighted by molar-refractivity contribution is 0.0824. The van der Waals surface area contributed by atoms with E-state index >= 15 is 0 Å². The molecule has 1 nitrogen and oxygen atoms in total. The van der Waals surface area contributed by atoms with Crippen LogP contribution in [0.3, 0.4) is 0 Å². The van der Waals surface area contributed by atoms with E-state index in [1.165, 1.54) is 0 Å². The first kappa shape index (κ1) is 10.1. The van der Waals surface area contributed by atoms with Gasteiger partial charge in [-0.05, 0) is 34.1 Å². The summed E-state index contributed by atoms with van der Waals surface area (Å²) in [5.74, 6) is -0.266. The molecule has 3 heteroatoms. The maximum Gasteiger partial charge on any atom is 0.223 e. The predicted octanol–water partition coefficient (Wildman–Crippen LogP) is 3.48. The summed E-state index contributed by atoms with van der Waals surface area (Å²) in [6, 6.07) is 7.28. The molecule has 0 heterocycles. The molecule has 0 saturated heterocycles. The van der Waals surface area contributed by atoms with Crippen molar-refractivity contribution in [1.82, 2.24) is 0 Å². The van der Waals surface area contributed by atoms with E-state index in [0.29, 0.717) is 5.56 Å². The van der Waals surface area contributed by atoms with Crippen molar-refractivity contribution in [3.05, 3.63) is 35.4 Å². The Balaban J connectivity index is 2.57. The highest BCUT2D eigenvalue weighted by Crippen LogP contribution is 2.42. The lowest BCUT2D eigenvalue weighted by Crippen LogP contribution is -2.33. The summed E-state index contributed by atoms with van der Waals surface area (Å²) in [4.78, 5) is 11.7. The molecule has 0 fully saturated rings. The van der Waals surface area contributed by atoms with Crippen LogP contribution in [0, 0.1) is 0 Å². The molecule has 0 bridgehead atoms. The second kappa shape index (κ2) is 3.29. The van der Waals surface area contributed by atoms with Crippen molar-refractivity contribution in [2.45, 2.75) is 22.9 Å². The van der Waals surface area contributed by atoms with E-state index in [2.05, 4.69) is 0 Å². The SMILES string of the molecule is CC1CC(F)(I)C(=O)c2ccccc21. The van der Waals surface area contributed by atoms with E-state index in [-0.39, 0.29) is 18.1 Å². The van der Waals surface area contributed by atoms with Gasteiger partial charge in [-0.3, -0.25) is 4.79 Å². The molecule has 1 aliphatic carbocycles. The van der Waals surface area contributed by atoms with Crippen molar-refractivity contribution in [2.75, 3.05) is 0 Å². The Morgan fingerprint density at radius 1 is 1.50 bits per heavy atom. The highest BCUT2D eigenvalue weighted by molar-refractivity contribution is 14.1. The van der Waals surface area contributed by atoms with Crippen molar-refractivity contribution in [3.8, 4) is 0 Å². The van der Waals surface area contributed by atoms with Crippen LogP contribution in [0.1, 0.15) is 35.2 Å². The molecule has 1 aromatic carbocycles. The molecule has 2 unspecified atom stereocenters. The van der Waals surface area contributed by atoms with Crippen LogP contribution in [0.4, 0.5) is 4.39 Å². The molecular weight excluding hydrogens is 294 g/mol. The van der Waals surface area contributed by atoms with Crippen molar-refractivity contribution < 1.29 is 9.18 Å². The average molecular weight is 304 g/mol. The molecule has 2 rings (SSSR count). The number of Topliss-reactive ketones (excluding diaryl/α,β-unsaturated/α-hetero) is 1. The van der Waals surface area contributed by atoms with Gasteiger partial charge in [0, 0.05) is 12.0 Å². The fourth-order valence-corrected chi connectivity index (χ4v) is 2.87. The Kier molecular flexibility index (Phi) is 2.37. The third-order valence-corrected chi connectivity index (χ3v) is 3.56. The van der Waals surface area contributed by atoms with Gasteiger partial charge >= 0.3 is 0 Å². The first-order chi connectivity index (χ1) is 6.52. The first-order valence-electron chi connectivity index (χ1n) is 4.54. The van der Waals surface area contributed by atoms with Crippen LogP contribution in [0.5, 0.6) is 0 Å². The second-order valence-electron chi connectivity index (χ2n) is 3.73. The average Bonchev–Trinajstić information content (AvgIpc) is 2.14. The van der Waals surface area contributed by atoms with Crippen LogP contribution < -0.4 is 0 Å². The Morgan fingerprint density at radius 3 is 2.86 bits per heavy atom. The number of carbonyl (C=O) groups is 1. The molecule has 0 N–H and O–H groups in total. The van der Waals surface area contributed by atoms with E-state index in [4.69, 9.17) is 0 Å². The fourth-order valence-electron chi connectivity index (χ4n) is 1.92. The Labute approximate surface area is 95.8 Å². The summed E-state index contributed by atoms with van der Waals surface area (Å²) in [5, 5.41) is 0. The van der Waals surface area contributed by atoms with E-state index < -0.39 is 3.68 Å². The molecule has 0 amide bonds. The van der Waals surface area contributed by atoms with Crippen LogP contribution in [0.2, 0.25) is 0 Å². The molecule has 74 valence electrons. The van der Waals surface area contributed by atoms with Crippen molar-refractivity contribution in [2.24, 2.45) is 0 Å². The topological polar surface area (TPSA) is 17.1 Å². The molecule has 14 heavy (non-hydrogen) atoms. The maximum absolute atomic E-state index is 13.8. The second-order valence-corrected chi connectivity index (χ2v) is 5.44. The maximum atomic E-state index is 13.8. The summed E-state index contributed by atoms with van der Waals surface area (Å²) in [5.41, 5.74) is 1.52. The Morgan fingerprint density at radius 2 is 2.14 bits per heavy atom. The third-order valence-electron chi connectivity index (χ3n) is 2.63. The molecule has 1 aliphatic rings. The molecule has 0 aromatic heterocycles. The van der Waals surface area contributed by atoms with Gasteiger partial charge in [-0.2, -0.15) is 0 Å². The minimum Gasteiger partial charge on any atom is -0.290 e. The largest absolute Gasteiger partial charge is 0.290 e. The highest BCUT2D eigenvalue weighted by Gasteiger charge is 2.43. The van der Waals surface area contributed by atoms with E-state index in [0.717, 1.165) is 5.56 Å². The Bertz CT molecular complexity index is 387. The van der Waals surface area contributed by atoms with Gasteiger partial charge in [0.15, 0.2) is 0 Å². The number of hydrogen-bond acceptors (Lipinski definition) is 1. The van der Waals surface area contributed by atoms with Crippen LogP contribution in [-0.2, 0) is 0 Å². The zero-order valence-electron chi connectivity index (χ0n) is 7.76. The van der Waals surface area contributed by atoms with Gasteiger partial charge in [0.1, 0.15) is 0 Å². The quantitative estimate of drug-likeness (QED) is 0.530. The number of fused-ring (bicyclic) bond motifs is 1. The van der Waals surface area contributed by atoms with Crippen molar-refractivity contribution in [1.29, 1.82) is 0 Å². The van der Waals surface area contributed by atoms with Gasteiger partial charge in [-0.1, -0.05) is 31.2 Å². The van der Waals surface area contributed by atoms with E-state index in [9.17, 15) is 9.18 Å². The molecule has 0 radical (unpaired) electrons. The van der Waals surface area contributed by atoms with Crippen molar-refractivity contribution in [3.63, 3.8) is 0 Å². The van der Waals surface area contributed by atoms with Gasteiger partial charge in [0.25, 0.3) is 0 Å². The van der Waals surface area contributed by atoms with Gasteiger partial charge in [0.2, 0.25) is 9.46 Å². The minimum absolute atomic E-state index is 0.116. The zero-order valence-corrected chi connectivity index (χ0v) is 9.92. The number of hydrogen-bond donors (Lipinski definition) is 0. The summed E-state index contributed by atoms with van der Waals surface area (Å²) in [6.07, 6.45) is 0.281. The summed E-state index contributed by atoms with van der Waals surface area (Å²) >= 11 is 1.61. The molecule has 1 aromatic rings. The molecular formula is C11H10FIO. The summed E-state index contributed by atoms with van der Waals surface area (Å²) in [6.45, 7) is 1.96. The van der Waals surface area contributed by atoms with Gasteiger partial charge in [-0.15, -0.1) is 0 Å². The minimum atomic E-state index is -1.72. The zero-order chi connectivity index (χ0) is 10.3. The molecule has 0 aliphatic heterocycles. The van der Waals surface area contributed by atoms with Crippen LogP contribution >= 0.6 is 22.6 Å². The van der Waals surface area contributed by atoms with Crippen molar-refractivity contribution >= 4 is 28.4 Å². The molecule has 2 atom stereocenters. The lowest BCUT2D eigenvalue weighted by Gasteiger charge is -2.29. The normalized spacial score (nSPS) is 31.4. The number of rotatable bonds is 0. The standard InChI is InChI=1S/C11H10FIO/c1-7-6-11(12,13)10(14)9-5-3-2-4-8(7)9/h2-5,7H,6H2,1H3. The van der Waals surface area contributed by atoms with Crippen LogP contribution in [-0.4, -0.2) is 9.46 Å². The van der Waals surface area contributed by atoms with Crippen LogP contribution in [0.15, 0.2) is 24.3 Å². The highest BCUT2D eigenvalue weighted by atomic mass is 127. The fraction of sp³-hybridized carbons (Fsp3) is 0.364.